The van der Waals surface area contributed by atoms with Crippen LogP contribution in [-0.4, -0.2) is 14.7 Å². The van der Waals surface area contributed by atoms with Gasteiger partial charge in [-0.2, -0.15) is 0 Å². The molecule has 0 saturated heterocycles. The Labute approximate surface area is 90.4 Å². The molecule has 0 radical (unpaired) electrons. The molecule has 0 fully saturated rings. The van der Waals surface area contributed by atoms with Crippen LogP contribution in [0.15, 0.2) is 24.3 Å². The lowest BCUT2D eigenvalue weighted by molar-refractivity contribution is 0.223. The molecule has 0 amide bonds. The third-order valence-corrected chi connectivity index (χ3v) is 3.00. The van der Waals surface area contributed by atoms with Gasteiger partial charge in [-0.1, -0.05) is 16.6 Å². The van der Waals surface area contributed by atoms with E-state index in [2.05, 4.69) is 9.59 Å². The molecule has 5 heteroatoms. The molecule has 0 aliphatic rings. The Morgan fingerprint density at radius 2 is 2.00 bits per heavy atom. The second kappa shape index (κ2) is 4.04. The number of rotatable bonds is 2. The molecule has 15 heavy (non-hydrogen) atoms. The monoisotopic (exact) mass is 224 g/mol. The molecule has 0 aliphatic heterocycles. The average molecular weight is 224 g/mol. The Morgan fingerprint density at radius 3 is 2.53 bits per heavy atom. The first-order valence-corrected chi connectivity index (χ1v) is 5.18. The highest BCUT2D eigenvalue weighted by Gasteiger charge is 2.16. The van der Waals surface area contributed by atoms with Gasteiger partial charge in [0.15, 0.2) is 0 Å². The molecular formula is C10H9FN2OS. The van der Waals surface area contributed by atoms with Crippen molar-refractivity contribution in [2.75, 3.05) is 0 Å². The van der Waals surface area contributed by atoms with Crippen LogP contribution in [-0.2, 0) is 0 Å². The van der Waals surface area contributed by atoms with Gasteiger partial charge in [-0.25, -0.2) is 4.39 Å². The van der Waals surface area contributed by atoms with E-state index in [0.717, 1.165) is 11.5 Å². The van der Waals surface area contributed by atoms with Crippen LogP contribution in [0.2, 0.25) is 0 Å². The van der Waals surface area contributed by atoms with Crippen molar-refractivity contribution in [1.82, 2.24) is 9.59 Å². The van der Waals surface area contributed by atoms with Crippen LogP contribution < -0.4 is 0 Å². The van der Waals surface area contributed by atoms with Crippen LogP contribution in [0, 0.1) is 12.7 Å². The largest absolute Gasteiger partial charge is 0.383 e. The summed E-state index contributed by atoms with van der Waals surface area (Å²) in [6.45, 7) is 1.78. The van der Waals surface area contributed by atoms with Crippen LogP contribution in [0.5, 0.6) is 0 Å². The minimum atomic E-state index is -0.773. The van der Waals surface area contributed by atoms with E-state index < -0.39 is 6.10 Å². The molecule has 2 rings (SSSR count). The van der Waals surface area contributed by atoms with E-state index in [-0.39, 0.29) is 5.82 Å². The molecule has 1 unspecified atom stereocenters. The summed E-state index contributed by atoms with van der Waals surface area (Å²) < 4.78 is 16.4. The number of aliphatic hydroxyl groups excluding tert-OH is 1. The number of hydrogen-bond donors (Lipinski definition) is 1. The Hall–Kier alpha value is -1.33. The number of aliphatic hydroxyl groups is 1. The van der Waals surface area contributed by atoms with Crippen molar-refractivity contribution in [2.24, 2.45) is 0 Å². The maximum atomic E-state index is 12.7. The fourth-order valence-electron chi connectivity index (χ4n) is 1.29. The van der Waals surface area contributed by atoms with Crippen LogP contribution in [0.25, 0.3) is 0 Å². The van der Waals surface area contributed by atoms with E-state index in [1.165, 1.54) is 12.1 Å². The van der Waals surface area contributed by atoms with Gasteiger partial charge in [-0.15, -0.1) is 5.10 Å². The molecule has 1 aromatic heterocycles. The van der Waals surface area contributed by atoms with Crippen molar-refractivity contribution in [1.29, 1.82) is 0 Å². The molecule has 0 bridgehead atoms. The Morgan fingerprint density at radius 1 is 1.33 bits per heavy atom. The predicted octanol–water partition coefficient (Wildman–Crippen LogP) is 2.07. The first-order valence-electron chi connectivity index (χ1n) is 4.41. The minimum absolute atomic E-state index is 0.315. The molecule has 3 nitrogen and oxygen atoms in total. The van der Waals surface area contributed by atoms with Gasteiger partial charge in [0.25, 0.3) is 0 Å². The Balaban J connectivity index is 2.32. The highest BCUT2D eigenvalue weighted by atomic mass is 32.1. The second-order valence-electron chi connectivity index (χ2n) is 3.18. The molecule has 78 valence electrons. The van der Waals surface area contributed by atoms with Crippen molar-refractivity contribution in [3.63, 3.8) is 0 Å². The van der Waals surface area contributed by atoms with E-state index >= 15 is 0 Å². The summed E-state index contributed by atoms with van der Waals surface area (Å²) >= 11 is 1.15. The van der Waals surface area contributed by atoms with E-state index in [0.29, 0.717) is 16.1 Å². The predicted molar refractivity (Wildman–Crippen MR) is 55.1 cm³/mol. The van der Waals surface area contributed by atoms with E-state index in [1.807, 2.05) is 0 Å². The zero-order chi connectivity index (χ0) is 10.8. The van der Waals surface area contributed by atoms with Gasteiger partial charge >= 0.3 is 0 Å². The summed E-state index contributed by atoms with van der Waals surface area (Å²) in [6, 6.07) is 5.75. The van der Waals surface area contributed by atoms with Crippen molar-refractivity contribution < 1.29 is 9.50 Å². The van der Waals surface area contributed by atoms with Gasteiger partial charge in [0.05, 0.1) is 10.6 Å². The smallest absolute Gasteiger partial charge is 0.123 e. The Bertz CT molecular complexity index is 455. The molecule has 0 aliphatic carbocycles. The van der Waals surface area contributed by atoms with E-state index in [1.54, 1.807) is 19.1 Å². The lowest BCUT2D eigenvalue weighted by atomic mass is 10.1. The molecule has 1 heterocycles. The van der Waals surface area contributed by atoms with Crippen LogP contribution in [0.1, 0.15) is 22.2 Å². The van der Waals surface area contributed by atoms with E-state index in [9.17, 15) is 9.50 Å². The molecule has 1 N–H and O–H groups in total. The molecule has 0 saturated carbocycles. The molecule has 1 aromatic carbocycles. The lowest BCUT2D eigenvalue weighted by Crippen LogP contribution is -1.99. The average Bonchev–Trinajstić information content (AvgIpc) is 2.65. The van der Waals surface area contributed by atoms with Gasteiger partial charge in [-0.05, 0) is 36.2 Å². The number of aromatic nitrogens is 2. The van der Waals surface area contributed by atoms with Crippen LogP contribution >= 0.6 is 11.5 Å². The summed E-state index contributed by atoms with van der Waals surface area (Å²) in [5, 5.41) is 13.8. The molecule has 1 atom stereocenters. The molecule has 0 spiro atoms. The first kappa shape index (κ1) is 10.2. The number of benzene rings is 1. The minimum Gasteiger partial charge on any atom is -0.383 e. The zero-order valence-corrected chi connectivity index (χ0v) is 8.83. The third-order valence-electron chi connectivity index (χ3n) is 2.12. The van der Waals surface area contributed by atoms with Gasteiger partial charge in [0, 0.05) is 0 Å². The highest BCUT2D eigenvalue weighted by molar-refractivity contribution is 7.05. The van der Waals surface area contributed by atoms with Crippen molar-refractivity contribution in [2.45, 2.75) is 13.0 Å². The topological polar surface area (TPSA) is 46.0 Å². The third kappa shape index (κ3) is 2.03. The van der Waals surface area contributed by atoms with Crippen LogP contribution in [0.3, 0.4) is 0 Å². The van der Waals surface area contributed by atoms with Gasteiger partial charge in [-0.3, -0.25) is 0 Å². The summed E-state index contributed by atoms with van der Waals surface area (Å²) in [6.07, 6.45) is -0.773. The van der Waals surface area contributed by atoms with E-state index in [4.69, 9.17) is 0 Å². The highest BCUT2D eigenvalue weighted by Crippen LogP contribution is 2.26. The van der Waals surface area contributed by atoms with Gasteiger partial charge in [0.1, 0.15) is 11.9 Å². The fourth-order valence-corrected chi connectivity index (χ4v) is 1.95. The number of aryl methyl sites for hydroxylation is 1. The number of halogens is 1. The fraction of sp³-hybridized carbons (Fsp3) is 0.200. The quantitative estimate of drug-likeness (QED) is 0.849. The summed E-state index contributed by atoms with van der Waals surface area (Å²) in [5.41, 5.74) is 1.35. The molecular weight excluding hydrogens is 215 g/mol. The second-order valence-corrected chi connectivity index (χ2v) is 3.96. The first-order chi connectivity index (χ1) is 7.18. The summed E-state index contributed by atoms with van der Waals surface area (Å²) in [5.74, 6) is -0.315. The molecule has 2 aromatic rings. The SMILES string of the molecule is Cc1nnsc1C(O)c1ccc(F)cc1. The standard InChI is InChI=1S/C10H9FN2OS/c1-6-10(15-13-12-6)9(14)7-2-4-8(11)5-3-7/h2-5,9,14H,1H3. The zero-order valence-electron chi connectivity index (χ0n) is 8.01. The van der Waals surface area contributed by atoms with Gasteiger partial charge < -0.3 is 5.11 Å². The van der Waals surface area contributed by atoms with Crippen molar-refractivity contribution in [3.05, 3.63) is 46.2 Å². The lowest BCUT2D eigenvalue weighted by Gasteiger charge is -2.08. The summed E-state index contributed by atoms with van der Waals surface area (Å²) in [4.78, 5) is 0.696. The number of nitrogens with zero attached hydrogens (tertiary/aromatic N) is 2. The van der Waals surface area contributed by atoms with Crippen molar-refractivity contribution in [3.8, 4) is 0 Å². The Kier molecular flexibility index (Phi) is 2.75. The van der Waals surface area contributed by atoms with Crippen molar-refractivity contribution >= 4 is 11.5 Å². The maximum absolute atomic E-state index is 12.7. The van der Waals surface area contributed by atoms with Crippen LogP contribution in [0.4, 0.5) is 4.39 Å². The van der Waals surface area contributed by atoms with Gasteiger partial charge in [0.2, 0.25) is 0 Å². The number of hydrogen-bond acceptors (Lipinski definition) is 4. The normalized spacial score (nSPS) is 12.7. The summed E-state index contributed by atoms with van der Waals surface area (Å²) in [7, 11) is 0. The maximum Gasteiger partial charge on any atom is 0.123 e.